The molecule has 1 aliphatic rings. The molecule has 0 aromatic heterocycles. The van der Waals surface area contributed by atoms with E-state index in [0.717, 1.165) is 16.5 Å². The Kier molecular flexibility index (Phi) is 4.56. The molecule has 0 fully saturated rings. The minimum absolute atomic E-state index is 0.171. The smallest absolute Gasteiger partial charge is 0.234 e. The Morgan fingerprint density at radius 1 is 1.09 bits per heavy atom. The molecule has 0 saturated carbocycles. The number of benzene rings is 2. The van der Waals surface area contributed by atoms with Crippen molar-refractivity contribution in [2.45, 2.75) is 6.54 Å². The first-order chi connectivity index (χ1) is 11.0. The van der Waals surface area contributed by atoms with E-state index in [4.69, 9.17) is 21.1 Å². The number of hydrogen-bond donors (Lipinski definition) is 1. The molecule has 1 aliphatic heterocycles. The number of halogens is 1. The van der Waals surface area contributed by atoms with Crippen LogP contribution in [-0.2, 0) is 16.6 Å². The average Bonchev–Trinajstić information content (AvgIpc) is 3.00. The van der Waals surface area contributed by atoms with E-state index >= 15 is 0 Å². The second kappa shape index (κ2) is 6.62. The van der Waals surface area contributed by atoms with E-state index in [2.05, 4.69) is 4.72 Å². The van der Waals surface area contributed by atoms with E-state index in [1.807, 2.05) is 0 Å². The largest absolute Gasteiger partial charge is 0.454 e. The molecule has 0 bridgehead atoms. The van der Waals surface area contributed by atoms with Gasteiger partial charge < -0.3 is 9.47 Å². The fourth-order valence-electron chi connectivity index (χ4n) is 2.02. The molecular formula is C16H14ClNO4S. The summed E-state index contributed by atoms with van der Waals surface area (Å²) in [6, 6.07) is 12.2. The predicted molar refractivity (Wildman–Crippen MR) is 88.8 cm³/mol. The number of hydrogen-bond acceptors (Lipinski definition) is 4. The van der Waals surface area contributed by atoms with E-state index in [9.17, 15) is 8.42 Å². The van der Waals surface area contributed by atoms with Crippen molar-refractivity contribution in [3.63, 3.8) is 0 Å². The summed E-state index contributed by atoms with van der Waals surface area (Å²) in [6.45, 7) is 0.359. The molecule has 0 atom stereocenters. The van der Waals surface area contributed by atoms with Crippen LogP contribution in [0.1, 0.15) is 11.1 Å². The molecule has 120 valence electrons. The molecule has 23 heavy (non-hydrogen) atoms. The normalized spacial score (nSPS) is 13.6. The van der Waals surface area contributed by atoms with Crippen LogP contribution in [0.3, 0.4) is 0 Å². The lowest BCUT2D eigenvalue weighted by Crippen LogP contribution is -2.20. The van der Waals surface area contributed by atoms with Gasteiger partial charge >= 0.3 is 0 Å². The van der Waals surface area contributed by atoms with Gasteiger partial charge in [0.2, 0.25) is 16.8 Å². The number of rotatable bonds is 5. The van der Waals surface area contributed by atoms with Crippen molar-refractivity contribution in [2.75, 3.05) is 6.79 Å². The third kappa shape index (κ3) is 4.25. The molecule has 0 unspecified atom stereocenters. The van der Waals surface area contributed by atoms with Gasteiger partial charge in [-0.2, -0.15) is 0 Å². The Morgan fingerprint density at radius 3 is 2.61 bits per heavy atom. The highest BCUT2D eigenvalue weighted by Crippen LogP contribution is 2.32. The quantitative estimate of drug-likeness (QED) is 0.898. The summed E-state index contributed by atoms with van der Waals surface area (Å²) < 4.78 is 37.0. The monoisotopic (exact) mass is 351 g/mol. The minimum atomic E-state index is -3.54. The molecule has 3 rings (SSSR count). The van der Waals surface area contributed by atoms with E-state index in [0.29, 0.717) is 16.5 Å². The van der Waals surface area contributed by atoms with Crippen molar-refractivity contribution >= 4 is 27.7 Å². The molecule has 0 amide bonds. The van der Waals surface area contributed by atoms with Gasteiger partial charge in [0.05, 0.1) is 0 Å². The molecular weight excluding hydrogens is 338 g/mol. The van der Waals surface area contributed by atoms with Gasteiger partial charge in [0.25, 0.3) is 0 Å². The van der Waals surface area contributed by atoms with Gasteiger partial charge in [0, 0.05) is 17.0 Å². The minimum Gasteiger partial charge on any atom is -0.454 e. The van der Waals surface area contributed by atoms with Crippen molar-refractivity contribution in [3.05, 3.63) is 64.0 Å². The molecule has 0 spiro atoms. The van der Waals surface area contributed by atoms with Crippen LogP contribution in [0, 0.1) is 0 Å². The first kappa shape index (κ1) is 15.9. The van der Waals surface area contributed by atoms with E-state index in [1.54, 1.807) is 42.5 Å². The van der Waals surface area contributed by atoms with Gasteiger partial charge in [-0.3, -0.25) is 0 Å². The topological polar surface area (TPSA) is 64.6 Å². The third-order valence-electron chi connectivity index (χ3n) is 3.22. The Bertz CT molecular complexity index is 832. The molecule has 2 aromatic carbocycles. The van der Waals surface area contributed by atoms with Crippen LogP contribution in [0.2, 0.25) is 5.02 Å². The number of sulfonamides is 1. The van der Waals surface area contributed by atoms with E-state index in [-0.39, 0.29) is 13.3 Å². The second-order valence-corrected chi connectivity index (χ2v) is 7.00. The number of nitrogens with one attached hydrogen (secondary N) is 1. The first-order valence-electron chi connectivity index (χ1n) is 6.84. The third-order valence-corrected chi connectivity index (χ3v) is 4.52. The van der Waals surface area contributed by atoms with Gasteiger partial charge in [-0.15, -0.1) is 0 Å². The fourth-order valence-corrected chi connectivity index (χ4v) is 2.95. The molecule has 0 radical (unpaired) electrons. The number of fused-ring (bicyclic) bond motifs is 1. The zero-order valence-electron chi connectivity index (χ0n) is 12.0. The lowest BCUT2D eigenvalue weighted by molar-refractivity contribution is 0.174. The molecule has 7 heteroatoms. The van der Waals surface area contributed by atoms with Crippen molar-refractivity contribution in [3.8, 4) is 11.5 Å². The summed E-state index contributed by atoms with van der Waals surface area (Å²) in [6.07, 6.45) is 1.51. The van der Waals surface area contributed by atoms with Crippen LogP contribution in [0.25, 0.3) is 6.08 Å². The highest BCUT2D eigenvalue weighted by molar-refractivity contribution is 7.92. The highest BCUT2D eigenvalue weighted by atomic mass is 35.5. The Balaban J connectivity index is 1.63. The second-order valence-electron chi connectivity index (χ2n) is 4.91. The molecule has 2 aromatic rings. The zero-order valence-corrected chi connectivity index (χ0v) is 13.6. The Morgan fingerprint density at radius 2 is 1.83 bits per heavy atom. The SMILES string of the molecule is O=S(=O)(/C=C/c1ccc(Cl)cc1)NCc1ccc2c(c1)OCO2. The zero-order chi connectivity index (χ0) is 16.3. The molecule has 0 aliphatic carbocycles. The summed E-state index contributed by atoms with van der Waals surface area (Å²) in [5.74, 6) is 1.29. The maximum Gasteiger partial charge on any atom is 0.234 e. The fraction of sp³-hybridized carbons (Fsp3) is 0.125. The van der Waals surface area contributed by atoms with Crippen LogP contribution in [0.4, 0.5) is 0 Å². The maximum atomic E-state index is 12.0. The van der Waals surface area contributed by atoms with Gasteiger partial charge in [0.15, 0.2) is 11.5 Å². The van der Waals surface area contributed by atoms with Crippen molar-refractivity contribution in [1.82, 2.24) is 4.72 Å². The summed E-state index contributed by atoms with van der Waals surface area (Å²) in [7, 11) is -3.54. The lowest BCUT2D eigenvalue weighted by atomic mass is 10.2. The molecule has 0 saturated heterocycles. The van der Waals surface area contributed by atoms with Gasteiger partial charge in [-0.1, -0.05) is 29.8 Å². The van der Waals surface area contributed by atoms with Crippen LogP contribution in [-0.4, -0.2) is 15.2 Å². The summed E-state index contributed by atoms with van der Waals surface area (Å²) in [5, 5.41) is 1.73. The molecule has 1 N–H and O–H groups in total. The Hall–Kier alpha value is -2.02. The summed E-state index contributed by atoms with van der Waals surface area (Å²) in [5.41, 5.74) is 1.54. The highest BCUT2D eigenvalue weighted by Gasteiger charge is 2.14. The predicted octanol–water partition coefficient (Wildman–Crippen LogP) is 3.16. The van der Waals surface area contributed by atoms with E-state index < -0.39 is 10.0 Å². The maximum absolute atomic E-state index is 12.0. The number of ether oxygens (including phenoxy) is 2. The van der Waals surface area contributed by atoms with E-state index in [1.165, 1.54) is 6.08 Å². The average molecular weight is 352 g/mol. The van der Waals surface area contributed by atoms with Crippen LogP contribution >= 0.6 is 11.6 Å². The summed E-state index contributed by atoms with van der Waals surface area (Å²) >= 11 is 5.79. The van der Waals surface area contributed by atoms with Crippen LogP contribution < -0.4 is 14.2 Å². The first-order valence-corrected chi connectivity index (χ1v) is 8.76. The van der Waals surface area contributed by atoms with Crippen LogP contribution in [0.15, 0.2) is 47.9 Å². The molecule has 5 nitrogen and oxygen atoms in total. The van der Waals surface area contributed by atoms with Crippen molar-refractivity contribution in [1.29, 1.82) is 0 Å². The molecule has 1 heterocycles. The standard InChI is InChI=1S/C16H14ClNO4S/c17-14-4-1-12(2-5-14)7-8-23(19,20)18-10-13-3-6-15-16(9-13)22-11-21-15/h1-9,18H,10-11H2/b8-7+. The summed E-state index contributed by atoms with van der Waals surface area (Å²) in [4.78, 5) is 0. The van der Waals surface area contributed by atoms with Gasteiger partial charge in [-0.25, -0.2) is 13.1 Å². The van der Waals surface area contributed by atoms with Crippen LogP contribution in [0.5, 0.6) is 11.5 Å². The Labute approximate surface area is 139 Å². The van der Waals surface area contributed by atoms with Crippen molar-refractivity contribution < 1.29 is 17.9 Å². The van der Waals surface area contributed by atoms with Crippen molar-refractivity contribution in [2.24, 2.45) is 0 Å². The van der Waals surface area contributed by atoms with Gasteiger partial charge in [0.1, 0.15) is 0 Å². The van der Waals surface area contributed by atoms with Gasteiger partial charge in [-0.05, 0) is 41.5 Å². The lowest BCUT2D eigenvalue weighted by Gasteiger charge is -2.04.